The van der Waals surface area contributed by atoms with Gasteiger partial charge in [0.15, 0.2) is 17.4 Å². The van der Waals surface area contributed by atoms with Crippen molar-refractivity contribution in [2.75, 3.05) is 7.11 Å². The van der Waals surface area contributed by atoms with Gasteiger partial charge in [0.1, 0.15) is 0 Å². The molecule has 0 fully saturated rings. The van der Waals surface area contributed by atoms with Gasteiger partial charge in [0, 0.05) is 5.33 Å². The summed E-state index contributed by atoms with van der Waals surface area (Å²) in [6.45, 7) is 0. The molecule has 0 amide bonds. The fourth-order valence-electron chi connectivity index (χ4n) is 0.885. The van der Waals surface area contributed by atoms with Crippen LogP contribution in [0.5, 0.6) is 5.75 Å². The van der Waals surface area contributed by atoms with Crippen LogP contribution in [0.25, 0.3) is 0 Å². The van der Waals surface area contributed by atoms with Crippen LogP contribution in [-0.4, -0.2) is 7.11 Å². The topological polar surface area (TPSA) is 9.23 Å². The standard InChI is InChI=1S/C8H7BrF2O/c1-12-8-6(10)2-5(4-9)3-7(8)11/h2-3H,4H2,1H3. The highest BCUT2D eigenvalue weighted by Crippen LogP contribution is 2.23. The van der Waals surface area contributed by atoms with Crippen LogP contribution in [0.3, 0.4) is 0 Å². The average Bonchev–Trinajstić information content (AvgIpc) is 2.03. The maximum absolute atomic E-state index is 12.9. The molecule has 0 aromatic heterocycles. The molecule has 4 heteroatoms. The Balaban J connectivity index is 3.18. The van der Waals surface area contributed by atoms with Crippen molar-refractivity contribution in [3.63, 3.8) is 0 Å². The molecular weight excluding hydrogens is 230 g/mol. The highest BCUT2D eigenvalue weighted by atomic mass is 79.9. The number of methoxy groups -OCH3 is 1. The van der Waals surface area contributed by atoms with E-state index < -0.39 is 11.6 Å². The lowest BCUT2D eigenvalue weighted by Crippen LogP contribution is -1.94. The fraction of sp³-hybridized carbons (Fsp3) is 0.250. The van der Waals surface area contributed by atoms with Crippen molar-refractivity contribution < 1.29 is 13.5 Å². The first-order valence-corrected chi connectivity index (χ1v) is 4.39. The predicted molar refractivity (Wildman–Crippen MR) is 45.5 cm³/mol. The van der Waals surface area contributed by atoms with E-state index in [0.29, 0.717) is 10.9 Å². The van der Waals surface area contributed by atoms with Crippen molar-refractivity contribution in [2.24, 2.45) is 0 Å². The Morgan fingerprint density at radius 3 is 2.17 bits per heavy atom. The van der Waals surface area contributed by atoms with E-state index in [0.717, 1.165) is 0 Å². The summed E-state index contributed by atoms with van der Waals surface area (Å²) in [6.07, 6.45) is 0. The number of halogens is 3. The molecule has 1 rings (SSSR count). The summed E-state index contributed by atoms with van der Waals surface area (Å²) in [5.74, 6) is -1.68. The smallest absolute Gasteiger partial charge is 0.190 e. The predicted octanol–water partition coefficient (Wildman–Crippen LogP) is 2.87. The van der Waals surface area contributed by atoms with Crippen LogP contribution < -0.4 is 4.74 Å². The van der Waals surface area contributed by atoms with Crippen molar-refractivity contribution >= 4 is 15.9 Å². The number of ether oxygens (including phenoxy) is 1. The van der Waals surface area contributed by atoms with Crippen molar-refractivity contribution in [2.45, 2.75) is 5.33 Å². The van der Waals surface area contributed by atoms with Gasteiger partial charge in [0.25, 0.3) is 0 Å². The summed E-state index contributed by atoms with van der Waals surface area (Å²) in [6, 6.07) is 2.47. The monoisotopic (exact) mass is 236 g/mol. The van der Waals surface area contributed by atoms with E-state index in [1.165, 1.54) is 19.2 Å². The second kappa shape index (κ2) is 3.85. The SMILES string of the molecule is COc1c(F)cc(CBr)cc1F. The van der Waals surface area contributed by atoms with Gasteiger partial charge in [-0.2, -0.15) is 0 Å². The van der Waals surface area contributed by atoms with Gasteiger partial charge < -0.3 is 4.74 Å². The summed E-state index contributed by atoms with van der Waals surface area (Å²) >= 11 is 3.10. The Labute approximate surface area is 77.5 Å². The average molecular weight is 237 g/mol. The van der Waals surface area contributed by atoms with Crippen LogP contribution in [0.15, 0.2) is 12.1 Å². The van der Waals surface area contributed by atoms with Crippen LogP contribution in [0.4, 0.5) is 8.78 Å². The minimum Gasteiger partial charge on any atom is -0.491 e. The molecule has 1 aromatic rings. The Hall–Kier alpha value is -0.640. The maximum Gasteiger partial charge on any atom is 0.190 e. The molecule has 66 valence electrons. The first-order valence-electron chi connectivity index (χ1n) is 3.27. The summed E-state index contributed by atoms with van der Waals surface area (Å²) in [7, 11) is 1.23. The molecule has 0 unspecified atom stereocenters. The normalized spacial score (nSPS) is 10.0. The first-order chi connectivity index (χ1) is 5.69. The fourth-order valence-corrected chi connectivity index (χ4v) is 1.21. The Morgan fingerprint density at radius 2 is 1.83 bits per heavy atom. The van der Waals surface area contributed by atoms with E-state index in [2.05, 4.69) is 20.7 Å². The molecule has 0 saturated carbocycles. The number of hydrogen-bond donors (Lipinski definition) is 0. The summed E-state index contributed by atoms with van der Waals surface area (Å²) < 4.78 is 30.3. The van der Waals surface area contributed by atoms with Crippen LogP contribution in [-0.2, 0) is 5.33 Å². The highest BCUT2D eigenvalue weighted by molar-refractivity contribution is 9.08. The molecule has 0 saturated heterocycles. The zero-order valence-electron chi connectivity index (χ0n) is 6.40. The molecule has 0 spiro atoms. The second-order valence-corrected chi connectivity index (χ2v) is 2.79. The van der Waals surface area contributed by atoms with Crippen LogP contribution in [0, 0.1) is 11.6 Å². The molecule has 0 atom stereocenters. The van der Waals surface area contributed by atoms with E-state index in [-0.39, 0.29) is 5.75 Å². The van der Waals surface area contributed by atoms with Gasteiger partial charge in [-0.15, -0.1) is 0 Å². The molecule has 0 aliphatic rings. The largest absolute Gasteiger partial charge is 0.491 e. The zero-order chi connectivity index (χ0) is 9.14. The second-order valence-electron chi connectivity index (χ2n) is 2.23. The lowest BCUT2D eigenvalue weighted by atomic mass is 10.2. The Kier molecular flexibility index (Phi) is 3.03. The minimum absolute atomic E-state index is 0.334. The van der Waals surface area contributed by atoms with Gasteiger partial charge in [-0.1, -0.05) is 15.9 Å². The molecule has 0 radical (unpaired) electrons. The molecule has 12 heavy (non-hydrogen) atoms. The van der Waals surface area contributed by atoms with Crippen molar-refractivity contribution in [3.8, 4) is 5.75 Å². The lowest BCUT2D eigenvalue weighted by molar-refractivity contribution is 0.359. The van der Waals surface area contributed by atoms with Crippen LogP contribution in [0.2, 0.25) is 0 Å². The first kappa shape index (κ1) is 9.45. The summed E-state index contributed by atoms with van der Waals surface area (Å²) in [5, 5.41) is 0.421. The Morgan fingerprint density at radius 1 is 1.33 bits per heavy atom. The van der Waals surface area contributed by atoms with Crippen molar-refractivity contribution in [1.29, 1.82) is 0 Å². The lowest BCUT2D eigenvalue weighted by Gasteiger charge is -2.04. The third-order valence-electron chi connectivity index (χ3n) is 1.42. The van der Waals surface area contributed by atoms with Gasteiger partial charge in [0.05, 0.1) is 7.11 Å². The minimum atomic E-state index is -0.674. The van der Waals surface area contributed by atoms with E-state index >= 15 is 0 Å². The number of rotatable bonds is 2. The van der Waals surface area contributed by atoms with E-state index in [9.17, 15) is 8.78 Å². The third-order valence-corrected chi connectivity index (χ3v) is 2.06. The van der Waals surface area contributed by atoms with E-state index in [4.69, 9.17) is 0 Å². The number of benzene rings is 1. The molecule has 0 bridgehead atoms. The molecule has 0 aliphatic carbocycles. The molecule has 1 nitrogen and oxygen atoms in total. The Bertz CT molecular complexity index is 265. The summed E-state index contributed by atoms with van der Waals surface area (Å²) in [4.78, 5) is 0. The number of alkyl halides is 1. The third kappa shape index (κ3) is 1.75. The van der Waals surface area contributed by atoms with Gasteiger partial charge >= 0.3 is 0 Å². The molecular formula is C8H7BrF2O. The van der Waals surface area contributed by atoms with Gasteiger partial charge in [-0.05, 0) is 17.7 Å². The van der Waals surface area contributed by atoms with Gasteiger partial charge in [-0.25, -0.2) is 8.78 Å². The van der Waals surface area contributed by atoms with Crippen molar-refractivity contribution in [1.82, 2.24) is 0 Å². The van der Waals surface area contributed by atoms with Crippen molar-refractivity contribution in [3.05, 3.63) is 29.3 Å². The zero-order valence-corrected chi connectivity index (χ0v) is 7.99. The molecule has 0 aliphatic heterocycles. The molecule has 0 heterocycles. The quantitative estimate of drug-likeness (QED) is 0.718. The summed E-state index contributed by atoms with van der Waals surface area (Å²) in [5.41, 5.74) is 0.547. The number of hydrogen-bond acceptors (Lipinski definition) is 1. The van der Waals surface area contributed by atoms with E-state index in [1.807, 2.05) is 0 Å². The highest BCUT2D eigenvalue weighted by Gasteiger charge is 2.10. The van der Waals surface area contributed by atoms with Gasteiger partial charge in [0.2, 0.25) is 0 Å². The molecule has 1 aromatic carbocycles. The van der Waals surface area contributed by atoms with Crippen LogP contribution in [0.1, 0.15) is 5.56 Å². The maximum atomic E-state index is 12.9. The van der Waals surface area contributed by atoms with Crippen LogP contribution >= 0.6 is 15.9 Å². The van der Waals surface area contributed by atoms with E-state index in [1.54, 1.807) is 0 Å². The molecule has 0 N–H and O–H groups in total. The van der Waals surface area contributed by atoms with Gasteiger partial charge in [-0.3, -0.25) is 0 Å².